The minimum Gasteiger partial charge on any atom is -0.462 e. The topological polar surface area (TPSA) is 62.7 Å². The fourth-order valence-electron chi connectivity index (χ4n) is 4.74. The average Bonchev–Trinajstić information content (AvgIpc) is 3.30. The van der Waals surface area contributed by atoms with E-state index in [1.54, 1.807) is 19.1 Å². The largest absolute Gasteiger partial charge is 0.462 e. The molecule has 1 aromatic heterocycles. The number of amides is 1. The number of piperazine rings is 1. The Morgan fingerprint density at radius 3 is 2.45 bits per heavy atom. The number of anilines is 1. The van der Waals surface area contributed by atoms with Crippen LogP contribution in [0.25, 0.3) is 0 Å². The fraction of sp³-hybridized carbons (Fsp3) is 0.458. The van der Waals surface area contributed by atoms with Gasteiger partial charge in [-0.25, -0.2) is 14.2 Å². The molecule has 0 bridgehead atoms. The number of esters is 1. The van der Waals surface area contributed by atoms with Crippen molar-refractivity contribution in [2.24, 2.45) is 0 Å². The van der Waals surface area contributed by atoms with Crippen molar-refractivity contribution in [3.63, 3.8) is 0 Å². The summed E-state index contributed by atoms with van der Waals surface area (Å²) in [6.07, 6.45) is 5.04. The van der Waals surface area contributed by atoms with Gasteiger partial charge in [-0.3, -0.25) is 4.79 Å². The standard InChI is InChI=1S/C24H28FN3O3/c1-2-31-22(29)18-8-9-21(26-17-18)27-12-14-28(15-13-27)23(30)24(10-3-4-11-24)19-6-5-7-20(25)16-19/h5-9,16-17H,2-4,10-15H2,1H3. The second kappa shape index (κ2) is 9.04. The van der Waals surface area contributed by atoms with Crippen LogP contribution in [-0.4, -0.2) is 54.5 Å². The molecule has 31 heavy (non-hydrogen) atoms. The van der Waals surface area contributed by atoms with E-state index in [-0.39, 0.29) is 17.7 Å². The predicted molar refractivity (Wildman–Crippen MR) is 116 cm³/mol. The number of carbonyl (C=O) groups excluding carboxylic acids is 2. The summed E-state index contributed by atoms with van der Waals surface area (Å²) in [5.74, 6) is 0.219. The molecule has 164 valence electrons. The minimum atomic E-state index is -0.607. The monoisotopic (exact) mass is 425 g/mol. The van der Waals surface area contributed by atoms with E-state index in [1.807, 2.05) is 17.0 Å². The van der Waals surface area contributed by atoms with Crippen LogP contribution in [0.15, 0.2) is 42.6 Å². The third-order valence-corrected chi connectivity index (χ3v) is 6.39. The first kappa shape index (κ1) is 21.3. The van der Waals surface area contributed by atoms with E-state index in [4.69, 9.17) is 4.74 Å². The Bertz CT molecular complexity index is 933. The van der Waals surface area contributed by atoms with Gasteiger partial charge in [0.25, 0.3) is 0 Å². The highest BCUT2D eigenvalue weighted by Gasteiger charge is 2.45. The van der Waals surface area contributed by atoms with Crippen LogP contribution in [0.1, 0.15) is 48.5 Å². The maximum absolute atomic E-state index is 13.9. The molecule has 0 spiro atoms. The van der Waals surface area contributed by atoms with Gasteiger partial charge in [-0.15, -0.1) is 0 Å². The van der Waals surface area contributed by atoms with Gasteiger partial charge in [0.2, 0.25) is 5.91 Å². The summed E-state index contributed by atoms with van der Waals surface area (Å²) in [4.78, 5) is 33.8. The van der Waals surface area contributed by atoms with Crippen LogP contribution in [0.3, 0.4) is 0 Å². The van der Waals surface area contributed by atoms with Crippen molar-refractivity contribution in [3.8, 4) is 0 Å². The number of rotatable bonds is 5. The molecule has 0 radical (unpaired) electrons. The van der Waals surface area contributed by atoms with Gasteiger partial charge in [0, 0.05) is 32.4 Å². The van der Waals surface area contributed by atoms with E-state index < -0.39 is 5.41 Å². The molecular formula is C24H28FN3O3. The number of aromatic nitrogens is 1. The molecule has 7 heteroatoms. The van der Waals surface area contributed by atoms with E-state index in [9.17, 15) is 14.0 Å². The molecular weight excluding hydrogens is 397 g/mol. The van der Waals surface area contributed by atoms with Gasteiger partial charge in [0.05, 0.1) is 17.6 Å². The SMILES string of the molecule is CCOC(=O)c1ccc(N2CCN(C(=O)C3(c4cccc(F)c4)CCCC3)CC2)nc1. The summed E-state index contributed by atoms with van der Waals surface area (Å²) in [6, 6.07) is 10.1. The number of pyridine rings is 1. The minimum absolute atomic E-state index is 0.112. The first-order valence-electron chi connectivity index (χ1n) is 11.0. The molecule has 2 aromatic rings. The number of nitrogens with zero attached hydrogens (tertiary/aromatic N) is 3. The van der Waals surface area contributed by atoms with Gasteiger partial charge >= 0.3 is 5.97 Å². The average molecular weight is 426 g/mol. The maximum atomic E-state index is 13.9. The third-order valence-electron chi connectivity index (χ3n) is 6.39. The summed E-state index contributed by atoms with van der Waals surface area (Å²) in [5, 5.41) is 0. The van der Waals surface area contributed by atoms with E-state index >= 15 is 0 Å². The van der Waals surface area contributed by atoms with Crippen LogP contribution in [-0.2, 0) is 14.9 Å². The second-order valence-electron chi connectivity index (χ2n) is 8.20. The van der Waals surface area contributed by atoms with Gasteiger partial charge in [-0.2, -0.15) is 0 Å². The van der Waals surface area contributed by atoms with Crippen LogP contribution >= 0.6 is 0 Å². The number of hydrogen-bond acceptors (Lipinski definition) is 5. The zero-order valence-corrected chi connectivity index (χ0v) is 17.8. The maximum Gasteiger partial charge on any atom is 0.339 e. The summed E-state index contributed by atoms with van der Waals surface area (Å²) >= 11 is 0. The Morgan fingerprint density at radius 2 is 1.84 bits per heavy atom. The van der Waals surface area contributed by atoms with Gasteiger partial charge in [0.1, 0.15) is 11.6 Å². The first-order chi connectivity index (χ1) is 15.0. The smallest absolute Gasteiger partial charge is 0.339 e. The van der Waals surface area contributed by atoms with Crippen molar-refractivity contribution in [2.75, 3.05) is 37.7 Å². The molecule has 2 heterocycles. The van der Waals surface area contributed by atoms with Crippen molar-refractivity contribution in [1.29, 1.82) is 0 Å². The van der Waals surface area contributed by atoms with Gasteiger partial charge in [-0.1, -0.05) is 25.0 Å². The zero-order chi connectivity index (χ0) is 21.8. The number of benzene rings is 1. The van der Waals surface area contributed by atoms with E-state index in [2.05, 4.69) is 9.88 Å². The molecule has 6 nitrogen and oxygen atoms in total. The van der Waals surface area contributed by atoms with Crippen molar-refractivity contribution in [2.45, 2.75) is 38.0 Å². The summed E-state index contributed by atoms with van der Waals surface area (Å²) in [5.41, 5.74) is 0.621. The lowest BCUT2D eigenvalue weighted by Gasteiger charge is -2.40. The summed E-state index contributed by atoms with van der Waals surface area (Å²) < 4.78 is 18.9. The van der Waals surface area contributed by atoms with E-state index in [0.29, 0.717) is 38.3 Å². The molecule has 1 amide bonds. The highest BCUT2D eigenvalue weighted by Crippen LogP contribution is 2.43. The second-order valence-corrected chi connectivity index (χ2v) is 8.20. The molecule has 4 rings (SSSR count). The summed E-state index contributed by atoms with van der Waals surface area (Å²) in [6.45, 7) is 4.61. The molecule has 2 aliphatic rings. The quantitative estimate of drug-likeness (QED) is 0.686. The van der Waals surface area contributed by atoms with Crippen molar-refractivity contribution in [1.82, 2.24) is 9.88 Å². The lowest BCUT2D eigenvalue weighted by atomic mass is 9.77. The number of hydrogen-bond donors (Lipinski definition) is 0. The Morgan fingerprint density at radius 1 is 1.10 bits per heavy atom. The first-order valence-corrected chi connectivity index (χ1v) is 11.0. The molecule has 0 unspecified atom stereocenters. The molecule has 1 aliphatic heterocycles. The molecule has 1 aromatic carbocycles. The number of ether oxygens (including phenoxy) is 1. The van der Waals surface area contributed by atoms with Gasteiger partial charge in [0.15, 0.2) is 0 Å². The third kappa shape index (κ3) is 4.27. The van der Waals surface area contributed by atoms with E-state index in [0.717, 1.165) is 37.1 Å². The zero-order valence-electron chi connectivity index (χ0n) is 17.8. The highest BCUT2D eigenvalue weighted by atomic mass is 19.1. The van der Waals surface area contributed by atoms with Crippen LogP contribution in [0.2, 0.25) is 0 Å². The Balaban J connectivity index is 1.43. The van der Waals surface area contributed by atoms with Gasteiger partial charge in [-0.05, 0) is 49.6 Å². The Labute approximate surface area is 182 Å². The van der Waals surface area contributed by atoms with Crippen LogP contribution in [0.5, 0.6) is 0 Å². The number of halogens is 1. The molecule has 1 saturated carbocycles. The molecule has 2 fully saturated rings. The Hall–Kier alpha value is -2.96. The van der Waals surface area contributed by atoms with Crippen molar-refractivity contribution >= 4 is 17.7 Å². The lowest BCUT2D eigenvalue weighted by molar-refractivity contribution is -0.137. The summed E-state index contributed by atoms with van der Waals surface area (Å²) in [7, 11) is 0. The lowest BCUT2D eigenvalue weighted by Crippen LogP contribution is -2.54. The molecule has 0 N–H and O–H groups in total. The van der Waals surface area contributed by atoms with Crippen LogP contribution in [0.4, 0.5) is 10.2 Å². The van der Waals surface area contributed by atoms with Crippen LogP contribution < -0.4 is 4.90 Å². The van der Waals surface area contributed by atoms with E-state index in [1.165, 1.54) is 18.3 Å². The molecule has 0 atom stereocenters. The number of carbonyl (C=O) groups is 2. The molecule has 1 saturated heterocycles. The predicted octanol–water partition coefficient (Wildman–Crippen LogP) is 3.56. The van der Waals surface area contributed by atoms with Crippen molar-refractivity contribution in [3.05, 3.63) is 59.5 Å². The van der Waals surface area contributed by atoms with Gasteiger partial charge < -0.3 is 14.5 Å². The highest BCUT2D eigenvalue weighted by molar-refractivity contribution is 5.89. The molecule has 1 aliphatic carbocycles. The normalized spacial score (nSPS) is 18.1. The van der Waals surface area contributed by atoms with Crippen molar-refractivity contribution < 1.29 is 18.7 Å². The Kier molecular flexibility index (Phi) is 6.20. The van der Waals surface area contributed by atoms with Crippen LogP contribution in [0, 0.1) is 5.82 Å². The fourth-order valence-corrected chi connectivity index (χ4v) is 4.74.